The van der Waals surface area contributed by atoms with Gasteiger partial charge in [0.25, 0.3) is 0 Å². The molecule has 0 radical (unpaired) electrons. The number of ketones is 1. The molecule has 13 heavy (non-hydrogen) atoms. The highest BCUT2D eigenvalue weighted by molar-refractivity contribution is 5.85. The number of hydrogen-bond acceptors (Lipinski definition) is 3. The Labute approximate surface area is 89.1 Å². The SMILES string of the molecule is CC(=O)C(N)Cc1cnc[nH]1.Cl.Cl. The van der Waals surface area contributed by atoms with Crippen molar-refractivity contribution in [2.45, 2.75) is 19.4 Å². The number of hydrogen-bond donors (Lipinski definition) is 2. The number of rotatable bonds is 3. The van der Waals surface area contributed by atoms with Crippen molar-refractivity contribution in [3.8, 4) is 0 Å². The van der Waals surface area contributed by atoms with Crippen LogP contribution in [0.3, 0.4) is 0 Å². The molecule has 0 amide bonds. The highest BCUT2D eigenvalue weighted by Gasteiger charge is 2.08. The van der Waals surface area contributed by atoms with Crippen LogP contribution < -0.4 is 5.73 Å². The molecule has 1 rings (SSSR count). The van der Waals surface area contributed by atoms with Gasteiger partial charge in [-0.2, -0.15) is 0 Å². The van der Waals surface area contributed by atoms with Gasteiger partial charge in [0.1, 0.15) is 5.78 Å². The van der Waals surface area contributed by atoms with Gasteiger partial charge in [0, 0.05) is 18.3 Å². The van der Waals surface area contributed by atoms with E-state index in [1.807, 2.05) is 0 Å². The molecule has 0 saturated heterocycles. The molecule has 3 N–H and O–H groups in total. The number of nitrogens with zero attached hydrogens (tertiary/aromatic N) is 1. The number of nitrogens with two attached hydrogens (primary N) is 1. The molecule has 76 valence electrons. The summed E-state index contributed by atoms with van der Waals surface area (Å²) in [4.78, 5) is 17.4. The van der Waals surface area contributed by atoms with E-state index in [0.717, 1.165) is 5.69 Å². The van der Waals surface area contributed by atoms with Crippen molar-refractivity contribution in [1.82, 2.24) is 9.97 Å². The molecule has 1 unspecified atom stereocenters. The fourth-order valence-electron chi connectivity index (χ4n) is 0.777. The number of imidazole rings is 1. The summed E-state index contributed by atoms with van der Waals surface area (Å²) in [5.41, 5.74) is 6.41. The predicted octanol–water partition coefficient (Wildman–Crippen LogP) is 0.712. The Morgan fingerprint density at radius 1 is 1.69 bits per heavy atom. The first kappa shape index (κ1) is 14.9. The first-order valence-electron chi connectivity index (χ1n) is 3.43. The smallest absolute Gasteiger partial charge is 0.146 e. The van der Waals surface area contributed by atoms with E-state index >= 15 is 0 Å². The van der Waals surface area contributed by atoms with Crippen LogP contribution in [-0.2, 0) is 11.2 Å². The maximum absolute atomic E-state index is 10.7. The molecule has 0 aliphatic heterocycles. The Morgan fingerprint density at radius 2 is 2.31 bits per heavy atom. The van der Waals surface area contributed by atoms with Gasteiger partial charge in [-0.15, -0.1) is 24.8 Å². The summed E-state index contributed by atoms with van der Waals surface area (Å²) in [6, 6.07) is -0.407. The number of nitrogens with one attached hydrogen (secondary N) is 1. The van der Waals surface area contributed by atoms with E-state index in [4.69, 9.17) is 5.73 Å². The summed E-state index contributed by atoms with van der Waals surface area (Å²) in [5.74, 6) is -0.000370. The van der Waals surface area contributed by atoms with Crippen LogP contribution in [0.5, 0.6) is 0 Å². The fraction of sp³-hybridized carbons (Fsp3) is 0.429. The molecule has 1 atom stereocenters. The Kier molecular flexibility index (Phi) is 7.90. The van der Waals surface area contributed by atoms with Crippen LogP contribution in [0.2, 0.25) is 0 Å². The normalized spacial score (nSPS) is 10.9. The van der Waals surface area contributed by atoms with Crippen molar-refractivity contribution in [2.24, 2.45) is 5.73 Å². The van der Waals surface area contributed by atoms with Gasteiger partial charge in [-0.25, -0.2) is 4.98 Å². The zero-order valence-electron chi connectivity index (χ0n) is 7.19. The van der Waals surface area contributed by atoms with E-state index in [9.17, 15) is 4.79 Å². The molecule has 0 bridgehead atoms. The first-order chi connectivity index (χ1) is 5.20. The van der Waals surface area contributed by atoms with Crippen LogP contribution >= 0.6 is 24.8 Å². The lowest BCUT2D eigenvalue weighted by molar-refractivity contribution is -0.118. The molecule has 0 spiro atoms. The average molecular weight is 226 g/mol. The molecular formula is C7H13Cl2N3O. The Hall–Kier alpha value is -0.580. The first-order valence-corrected chi connectivity index (χ1v) is 3.43. The van der Waals surface area contributed by atoms with Crippen LogP contribution in [0, 0.1) is 0 Å². The minimum atomic E-state index is -0.407. The van der Waals surface area contributed by atoms with Gasteiger partial charge in [0.15, 0.2) is 0 Å². The second-order valence-corrected chi connectivity index (χ2v) is 2.50. The largest absolute Gasteiger partial charge is 0.348 e. The van der Waals surface area contributed by atoms with Crippen molar-refractivity contribution < 1.29 is 4.79 Å². The van der Waals surface area contributed by atoms with Crippen LogP contribution in [0.1, 0.15) is 12.6 Å². The van der Waals surface area contributed by atoms with Gasteiger partial charge in [-0.05, 0) is 6.92 Å². The summed E-state index contributed by atoms with van der Waals surface area (Å²) >= 11 is 0. The molecule has 0 aliphatic carbocycles. The molecule has 6 heteroatoms. The summed E-state index contributed by atoms with van der Waals surface area (Å²) in [6.45, 7) is 1.49. The number of carbonyl (C=O) groups excluding carboxylic acids is 1. The molecule has 4 nitrogen and oxygen atoms in total. The van der Waals surface area contributed by atoms with Crippen molar-refractivity contribution in [2.75, 3.05) is 0 Å². The summed E-state index contributed by atoms with van der Waals surface area (Å²) in [6.07, 6.45) is 3.78. The number of carbonyl (C=O) groups is 1. The van der Waals surface area contributed by atoms with E-state index in [1.165, 1.54) is 6.92 Å². The lowest BCUT2D eigenvalue weighted by Gasteiger charge is -2.03. The van der Waals surface area contributed by atoms with Crippen molar-refractivity contribution in [3.63, 3.8) is 0 Å². The van der Waals surface area contributed by atoms with E-state index < -0.39 is 6.04 Å². The van der Waals surface area contributed by atoms with Gasteiger partial charge in [-0.1, -0.05) is 0 Å². The Balaban J connectivity index is 0. The number of halogens is 2. The fourth-order valence-corrected chi connectivity index (χ4v) is 0.777. The molecule has 0 saturated carbocycles. The number of H-pyrrole nitrogens is 1. The zero-order chi connectivity index (χ0) is 8.27. The van der Waals surface area contributed by atoms with Crippen LogP contribution in [0.4, 0.5) is 0 Å². The third-order valence-corrected chi connectivity index (χ3v) is 1.52. The maximum atomic E-state index is 10.7. The summed E-state index contributed by atoms with van der Waals surface area (Å²) in [7, 11) is 0. The van der Waals surface area contributed by atoms with E-state index in [0.29, 0.717) is 6.42 Å². The maximum Gasteiger partial charge on any atom is 0.146 e. The number of aromatic amines is 1. The minimum Gasteiger partial charge on any atom is -0.348 e. The topological polar surface area (TPSA) is 71.8 Å². The van der Waals surface area contributed by atoms with E-state index in [1.54, 1.807) is 12.5 Å². The molecule has 0 aliphatic rings. The zero-order valence-corrected chi connectivity index (χ0v) is 8.82. The van der Waals surface area contributed by atoms with Gasteiger partial charge < -0.3 is 10.7 Å². The van der Waals surface area contributed by atoms with Crippen LogP contribution in [-0.4, -0.2) is 21.8 Å². The number of aromatic nitrogens is 2. The Morgan fingerprint density at radius 3 is 2.69 bits per heavy atom. The summed E-state index contributed by atoms with van der Waals surface area (Å²) in [5, 5.41) is 0. The average Bonchev–Trinajstić information content (AvgIpc) is 2.39. The van der Waals surface area contributed by atoms with Crippen molar-refractivity contribution in [3.05, 3.63) is 18.2 Å². The van der Waals surface area contributed by atoms with Gasteiger partial charge in [-0.3, -0.25) is 4.79 Å². The number of Topliss-reactive ketones (excluding diaryl/α,β-unsaturated/α-hetero) is 1. The molecule has 1 heterocycles. The Bertz CT molecular complexity index is 238. The minimum absolute atomic E-state index is 0. The second kappa shape index (κ2) is 6.88. The van der Waals surface area contributed by atoms with E-state index in [2.05, 4.69) is 9.97 Å². The second-order valence-electron chi connectivity index (χ2n) is 2.50. The van der Waals surface area contributed by atoms with Crippen molar-refractivity contribution >= 4 is 30.6 Å². The highest BCUT2D eigenvalue weighted by Crippen LogP contribution is 1.96. The van der Waals surface area contributed by atoms with Crippen LogP contribution in [0.25, 0.3) is 0 Å². The predicted molar refractivity (Wildman–Crippen MR) is 55.4 cm³/mol. The molecular weight excluding hydrogens is 213 g/mol. The van der Waals surface area contributed by atoms with Crippen LogP contribution in [0.15, 0.2) is 12.5 Å². The van der Waals surface area contributed by atoms with E-state index in [-0.39, 0.29) is 30.6 Å². The quantitative estimate of drug-likeness (QED) is 0.797. The molecule has 1 aromatic heterocycles. The van der Waals surface area contributed by atoms with Gasteiger partial charge in [0.05, 0.1) is 12.4 Å². The lowest BCUT2D eigenvalue weighted by atomic mass is 10.1. The van der Waals surface area contributed by atoms with Crippen molar-refractivity contribution in [1.29, 1.82) is 0 Å². The lowest BCUT2D eigenvalue weighted by Crippen LogP contribution is -2.30. The monoisotopic (exact) mass is 225 g/mol. The standard InChI is InChI=1S/C7H11N3O.2ClH/c1-5(11)7(8)2-6-3-9-4-10-6;;/h3-4,7H,2,8H2,1H3,(H,9,10);2*1H. The third-order valence-electron chi connectivity index (χ3n) is 1.52. The van der Waals surface area contributed by atoms with Gasteiger partial charge >= 0.3 is 0 Å². The van der Waals surface area contributed by atoms with Gasteiger partial charge in [0.2, 0.25) is 0 Å². The molecule has 0 fully saturated rings. The molecule has 0 aromatic carbocycles. The summed E-state index contributed by atoms with van der Waals surface area (Å²) < 4.78 is 0. The highest BCUT2D eigenvalue weighted by atomic mass is 35.5. The molecule has 1 aromatic rings. The third kappa shape index (κ3) is 4.87.